The van der Waals surface area contributed by atoms with Crippen LogP contribution in [0.3, 0.4) is 0 Å². The molecule has 5 nitrogen and oxygen atoms in total. The van der Waals surface area contributed by atoms with Gasteiger partial charge in [-0.2, -0.15) is 0 Å². The smallest absolute Gasteiger partial charge is 0.251 e. The third kappa shape index (κ3) is 5.23. The summed E-state index contributed by atoms with van der Waals surface area (Å²) in [5, 5.41) is 3.00. The molecule has 0 spiro atoms. The number of hydrogen-bond acceptors (Lipinski definition) is 4. The SMILES string of the molecule is COc1ccc(OC)c([C@H](C)NC(=O)c2ccc(COC(C)C)cc2)c1. The van der Waals surface area contributed by atoms with Crippen LogP contribution in [0.5, 0.6) is 11.5 Å². The molecule has 1 amide bonds. The van der Waals surface area contributed by atoms with Crippen molar-refractivity contribution in [2.75, 3.05) is 14.2 Å². The summed E-state index contributed by atoms with van der Waals surface area (Å²) >= 11 is 0. The average Bonchev–Trinajstić information content (AvgIpc) is 2.66. The maximum absolute atomic E-state index is 12.5. The van der Waals surface area contributed by atoms with E-state index in [0.717, 1.165) is 16.9 Å². The fourth-order valence-electron chi connectivity index (χ4n) is 2.55. The molecule has 1 N–H and O–H groups in total. The molecule has 2 aromatic carbocycles. The van der Waals surface area contributed by atoms with Crippen LogP contribution in [0.25, 0.3) is 0 Å². The molecule has 0 aliphatic rings. The minimum atomic E-state index is -0.225. The molecule has 5 heteroatoms. The highest BCUT2D eigenvalue weighted by Gasteiger charge is 2.16. The van der Waals surface area contributed by atoms with Crippen LogP contribution in [-0.4, -0.2) is 26.2 Å². The lowest BCUT2D eigenvalue weighted by Gasteiger charge is -2.18. The Labute approximate surface area is 155 Å². The maximum Gasteiger partial charge on any atom is 0.251 e. The van der Waals surface area contributed by atoms with Gasteiger partial charge in [0, 0.05) is 11.1 Å². The lowest BCUT2D eigenvalue weighted by Crippen LogP contribution is -2.27. The number of nitrogens with one attached hydrogen (secondary N) is 1. The lowest BCUT2D eigenvalue weighted by molar-refractivity contribution is 0.0656. The third-order valence-electron chi connectivity index (χ3n) is 4.05. The van der Waals surface area contributed by atoms with Crippen LogP contribution in [-0.2, 0) is 11.3 Å². The number of carbonyl (C=O) groups excluding carboxylic acids is 1. The van der Waals surface area contributed by atoms with Crippen LogP contribution in [0.4, 0.5) is 0 Å². The van der Waals surface area contributed by atoms with Crippen molar-refractivity contribution in [2.24, 2.45) is 0 Å². The van der Waals surface area contributed by atoms with Crippen molar-refractivity contribution >= 4 is 5.91 Å². The van der Waals surface area contributed by atoms with Crippen LogP contribution in [0, 0.1) is 0 Å². The number of hydrogen-bond donors (Lipinski definition) is 1. The van der Waals surface area contributed by atoms with Gasteiger partial charge in [-0.1, -0.05) is 12.1 Å². The second kappa shape index (κ2) is 9.25. The predicted octanol–water partition coefficient (Wildman–Crippen LogP) is 4.12. The van der Waals surface area contributed by atoms with Gasteiger partial charge in [0.05, 0.1) is 33.0 Å². The quantitative estimate of drug-likeness (QED) is 0.772. The first-order valence-corrected chi connectivity index (χ1v) is 8.68. The number of amides is 1. The molecule has 0 aromatic heterocycles. The molecule has 0 radical (unpaired) electrons. The van der Waals surface area contributed by atoms with E-state index in [4.69, 9.17) is 14.2 Å². The Morgan fingerprint density at radius 2 is 1.69 bits per heavy atom. The van der Waals surface area contributed by atoms with Crippen molar-refractivity contribution in [3.8, 4) is 11.5 Å². The molecule has 2 aromatic rings. The van der Waals surface area contributed by atoms with Gasteiger partial charge >= 0.3 is 0 Å². The molecule has 0 aliphatic carbocycles. The van der Waals surface area contributed by atoms with Crippen molar-refractivity contribution in [3.05, 3.63) is 59.2 Å². The van der Waals surface area contributed by atoms with Gasteiger partial charge in [-0.05, 0) is 56.7 Å². The molecule has 0 aliphatic heterocycles. The summed E-state index contributed by atoms with van der Waals surface area (Å²) in [7, 11) is 3.22. The van der Waals surface area contributed by atoms with Gasteiger partial charge in [0.1, 0.15) is 11.5 Å². The van der Waals surface area contributed by atoms with E-state index in [2.05, 4.69) is 5.32 Å². The zero-order valence-corrected chi connectivity index (χ0v) is 16.0. The van der Waals surface area contributed by atoms with Crippen molar-refractivity contribution in [2.45, 2.75) is 39.5 Å². The van der Waals surface area contributed by atoms with E-state index in [1.165, 1.54) is 0 Å². The molecule has 0 heterocycles. The van der Waals surface area contributed by atoms with Gasteiger partial charge in [0.25, 0.3) is 5.91 Å². The zero-order valence-electron chi connectivity index (χ0n) is 16.0. The number of rotatable bonds is 8. The maximum atomic E-state index is 12.5. The zero-order chi connectivity index (χ0) is 19.1. The second-order valence-corrected chi connectivity index (χ2v) is 6.36. The molecule has 0 saturated heterocycles. The predicted molar refractivity (Wildman–Crippen MR) is 102 cm³/mol. The third-order valence-corrected chi connectivity index (χ3v) is 4.05. The Morgan fingerprint density at radius 1 is 1.00 bits per heavy atom. The van der Waals surface area contributed by atoms with Crippen LogP contribution in [0.1, 0.15) is 48.3 Å². The van der Waals surface area contributed by atoms with Crippen molar-refractivity contribution in [1.82, 2.24) is 5.32 Å². The molecule has 0 saturated carbocycles. The van der Waals surface area contributed by atoms with E-state index >= 15 is 0 Å². The Hall–Kier alpha value is -2.53. The Morgan fingerprint density at radius 3 is 2.27 bits per heavy atom. The van der Waals surface area contributed by atoms with E-state index in [0.29, 0.717) is 17.9 Å². The lowest BCUT2D eigenvalue weighted by atomic mass is 10.1. The van der Waals surface area contributed by atoms with Gasteiger partial charge in [-0.15, -0.1) is 0 Å². The van der Waals surface area contributed by atoms with Crippen molar-refractivity contribution in [1.29, 1.82) is 0 Å². The van der Waals surface area contributed by atoms with Crippen LogP contribution < -0.4 is 14.8 Å². The Bertz CT molecular complexity index is 725. The largest absolute Gasteiger partial charge is 0.497 e. The van der Waals surface area contributed by atoms with Gasteiger partial charge < -0.3 is 19.5 Å². The number of methoxy groups -OCH3 is 2. The topological polar surface area (TPSA) is 56.8 Å². The summed E-state index contributed by atoms with van der Waals surface area (Å²) in [5.41, 5.74) is 2.51. The normalized spacial score (nSPS) is 11.9. The summed E-state index contributed by atoms with van der Waals surface area (Å²) in [6.45, 7) is 6.45. The Kier molecular flexibility index (Phi) is 7.04. The Balaban J connectivity index is 2.07. The van der Waals surface area contributed by atoms with E-state index < -0.39 is 0 Å². The molecule has 0 unspecified atom stereocenters. The summed E-state index contributed by atoms with van der Waals surface area (Å²) in [5.74, 6) is 1.29. The molecule has 140 valence electrons. The van der Waals surface area contributed by atoms with Gasteiger partial charge in [0.2, 0.25) is 0 Å². The second-order valence-electron chi connectivity index (χ2n) is 6.36. The number of carbonyl (C=O) groups is 1. The molecule has 2 rings (SSSR count). The highest BCUT2D eigenvalue weighted by molar-refractivity contribution is 5.94. The fourth-order valence-corrected chi connectivity index (χ4v) is 2.55. The summed E-state index contributed by atoms with van der Waals surface area (Å²) in [6, 6.07) is 12.7. The molecular weight excluding hydrogens is 330 g/mol. The van der Waals surface area contributed by atoms with Gasteiger partial charge in [-0.3, -0.25) is 4.79 Å². The molecule has 0 bridgehead atoms. The minimum Gasteiger partial charge on any atom is -0.497 e. The van der Waals surface area contributed by atoms with Crippen molar-refractivity contribution in [3.63, 3.8) is 0 Å². The van der Waals surface area contributed by atoms with Crippen LogP contribution in [0.2, 0.25) is 0 Å². The molecule has 26 heavy (non-hydrogen) atoms. The van der Waals surface area contributed by atoms with E-state index in [1.807, 2.05) is 63.2 Å². The summed E-state index contributed by atoms with van der Waals surface area (Å²) < 4.78 is 16.2. The first kappa shape index (κ1) is 19.8. The van der Waals surface area contributed by atoms with E-state index in [9.17, 15) is 4.79 Å². The highest BCUT2D eigenvalue weighted by atomic mass is 16.5. The summed E-state index contributed by atoms with van der Waals surface area (Å²) in [4.78, 5) is 12.5. The van der Waals surface area contributed by atoms with Crippen molar-refractivity contribution < 1.29 is 19.0 Å². The average molecular weight is 357 g/mol. The van der Waals surface area contributed by atoms with E-state index in [-0.39, 0.29) is 18.1 Å². The van der Waals surface area contributed by atoms with Gasteiger partial charge in [-0.25, -0.2) is 0 Å². The molecule has 0 fully saturated rings. The summed E-state index contributed by atoms with van der Waals surface area (Å²) in [6.07, 6.45) is 0.177. The fraction of sp³-hybridized carbons (Fsp3) is 0.381. The van der Waals surface area contributed by atoms with Crippen LogP contribution >= 0.6 is 0 Å². The van der Waals surface area contributed by atoms with Crippen LogP contribution in [0.15, 0.2) is 42.5 Å². The molecule has 1 atom stereocenters. The molecular formula is C21H27NO4. The standard InChI is InChI=1S/C21H27NO4/c1-14(2)26-13-16-6-8-17(9-7-16)21(23)22-15(3)19-12-18(24-4)10-11-20(19)25-5/h6-12,14-15H,13H2,1-5H3,(H,22,23)/t15-/m0/s1. The highest BCUT2D eigenvalue weighted by Crippen LogP contribution is 2.29. The number of ether oxygens (including phenoxy) is 3. The monoisotopic (exact) mass is 357 g/mol. The minimum absolute atomic E-state index is 0.140. The van der Waals surface area contributed by atoms with Gasteiger partial charge in [0.15, 0.2) is 0 Å². The number of benzene rings is 2. The van der Waals surface area contributed by atoms with E-state index in [1.54, 1.807) is 14.2 Å². The first-order valence-electron chi connectivity index (χ1n) is 8.68. The first-order chi connectivity index (χ1) is 12.4.